The Morgan fingerprint density at radius 2 is 1.84 bits per heavy atom. The Balaban J connectivity index is 1.69. The van der Waals surface area contributed by atoms with Gasteiger partial charge in [0, 0.05) is 37.3 Å². The van der Waals surface area contributed by atoms with Gasteiger partial charge in [0.05, 0.1) is 18.7 Å². The Morgan fingerprint density at radius 3 is 2.52 bits per heavy atom. The van der Waals surface area contributed by atoms with Gasteiger partial charge in [-0.2, -0.15) is 0 Å². The van der Waals surface area contributed by atoms with Crippen molar-refractivity contribution in [2.75, 3.05) is 20.3 Å². The first-order valence-corrected chi connectivity index (χ1v) is 15.5. The van der Waals surface area contributed by atoms with Crippen molar-refractivity contribution in [3.8, 4) is 5.75 Å². The molecular weight excluding hydrogens is 580 g/mol. The molecule has 2 N–H and O–H groups in total. The summed E-state index contributed by atoms with van der Waals surface area (Å²) in [6, 6.07) is 14.2. The van der Waals surface area contributed by atoms with E-state index in [4.69, 9.17) is 25.8 Å². The van der Waals surface area contributed by atoms with Crippen LogP contribution in [0.3, 0.4) is 0 Å². The number of hydrogen-bond acceptors (Lipinski definition) is 6. The van der Waals surface area contributed by atoms with Crippen LogP contribution in [0.5, 0.6) is 5.75 Å². The Kier molecular flexibility index (Phi) is 11.3. The molecule has 8 nitrogen and oxygen atoms in total. The molecule has 2 bridgehead atoms. The van der Waals surface area contributed by atoms with Crippen LogP contribution in [0.2, 0.25) is 5.02 Å². The first kappa shape index (κ1) is 33.3. The number of halogens is 1. The van der Waals surface area contributed by atoms with Crippen LogP contribution in [0, 0.1) is 11.3 Å². The van der Waals surface area contributed by atoms with Crippen molar-refractivity contribution >= 4 is 35.0 Å². The number of carbonyl (C=O) groups is 3. The number of nitrogens with one attached hydrogen (secondary N) is 2. The van der Waals surface area contributed by atoms with Gasteiger partial charge in [-0.05, 0) is 46.7 Å². The Labute approximate surface area is 265 Å². The second-order valence-corrected chi connectivity index (χ2v) is 13.1. The second-order valence-electron chi connectivity index (χ2n) is 12.7. The standard InChI is InChI=1S/C35H43ClN2O6/c1-22(2)15-31-34(41)44-26-12-13-27(24-9-7-6-8-10-24)25(18-26)19-32(39)38-29(33(40)37-20-35(3,4)21-43-31)17-23-11-14-30(42-5)28(36)16-23/h6-11,13-14,16,19,22,26,29,31H,12,15,17-18,20-21H2,1-5H3,(H,37,40)(H,38,39)/b25-19+/t26-,29-,31+/m1/s1. The van der Waals surface area contributed by atoms with Crippen molar-refractivity contribution < 1.29 is 28.6 Å². The third-order valence-electron chi connectivity index (χ3n) is 7.71. The minimum absolute atomic E-state index is 0.211. The molecule has 0 radical (unpaired) electrons. The number of allylic oxidation sites excluding steroid dienone is 1. The topological polar surface area (TPSA) is 103 Å². The van der Waals surface area contributed by atoms with Gasteiger partial charge in [-0.3, -0.25) is 9.59 Å². The van der Waals surface area contributed by atoms with Crippen LogP contribution < -0.4 is 15.4 Å². The van der Waals surface area contributed by atoms with Crippen LogP contribution in [0.25, 0.3) is 5.57 Å². The van der Waals surface area contributed by atoms with Crippen molar-refractivity contribution in [1.82, 2.24) is 10.6 Å². The number of rotatable bonds is 6. The number of amides is 2. The molecular formula is C35H43ClN2O6. The van der Waals surface area contributed by atoms with Crippen LogP contribution in [-0.2, 0) is 30.3 Å². The maximum Gasteiger partial charge on any atom is 0.335 e. The highest BCUT2D eigenvalue weighted by Gasteiger charge is 2.32. The normalized spacial score (nSPS) is 24.3. The second kappa shape index (κ2) is 14.9. The van der Waals surface area contributed by atoms with Crippen LogP contribution in [0.4, 0.5) is 0 Å². The number of fused-ring (bicyclic) bond motifs is 2. The molecule has 44 heavy (non-hydrogen) atoms. The molecule has 4 rings (SSSR count). The van der Waals surface area contributed by atoms with E-state index in [0.29, 0.717) is 30.0 Å². The highest BCUT2D eigenvalue weighted by molar-refractivity contribution is 6.32. The number of methoxy groups -OCH3 is 1. The average molecular weight is 623 g/mol. The summed E-state index contributed by atoms with van der Waals surface area (Å²) in [6.45, 7) is 8.49. The lowest BCUT2D eigenvalue weighted by atomic mass is 9.86. The summed E-state index contributed by atoms with van der Waals surface area (Å²) in [5.41, 5.74) is 2.85. The van der Waals surface area contributed by atoms with Gasteiger partial charge in [0.2, 0.25) is 11.8 Å². The van der Waals surface area contributed by atoms with E-state index < -0.39 is 35.5 Å². The van der Waals surface area contributed by atoms with Crippen LogP contribution in [0.1, 0.15) is 58.1 Å². The molecule has 0 saturated heterocycles. The molecule has 2 aromatic rings. The molecule has 9 heteroatoms. The third kappa shape index (κ3) is 9.19. The summed E-state index contributed by atoms with van der Waals surface area (Å²) in [5, 5.41) is 6.32. The minimum Gasteiger partial charge on any atom is -0.495 e. The van der Waals surface area contributed by atoms with Gasteiger partial charge in [-0.1, -0.05) is 81.8 Å². The SMILES string of the molecule is COc1ccc(C[C@H]2NC(=O)/C=C3\C[C@@H](CC=C3c3ccccc3)OC(=O)[C@H](CC(C)C)OCC(C)(C)CNC2=O)cc1Cl. The summed E-state index contributed by atoms with van der Waals surface area (Å²) >= 11 is 6.37. The van der Waals surface area contributed by atoms with E-state index in [0.717, 1.165) is 22.3 Å². The first-order valence-electron chi connectivity index (χ1n) is 15.1. The van der Waals surface area contributed by atoms with Gasteiger partial charge < -0.3 is 24.8 Å². The van der Waals surface area contributed by atoms with Gasteiger partial charge >= 0.3 is 5.97 Å². The van der Waals surface area contributed by atoms with Crippen LogP contribution >= 0.6 is 11.6 Å². The smallest absolute Gasteiger partial charge is 0.335 e. The van der Waals surface area contributed by atoms with E-state index in [9.17, 15) is 14.4 Å². The fourth-order valence-electron chi connectivity index (χ4n) is 5.35. The number of ether oxygens (including phenoxy) is 3. The molecule has 0 fully saturated rings. The summed E-state index contributed by atoms with van der Waals surface area (Å²) < 4.78 is 17.4. The maximum absolute atomic E-state index is 13.6. The molecule has 236 valence electrons. The zero-order valence-corrected chi connectivity index (χ0v) is 26.9. The fraction of sp³-hybridized carbons (Fsp3) is 0.457. The molecule has 2 aliphatic rings. The average Bonchev–Trinajstić information content (AvgIpc) is 2.98. The Morgan fingerprint density at radius 1 is 1.09 bits per heavy atom. The van der Waals surface area contributed by atoms with Gasteiger partial charge in [-0.25, -0.2) is 4.79 Å². The van der Waals surface area contributed by atoms with E-state index in [2.05, 4.69) is 10.6 Å². The molecule has 3 atom stereocenters. The third-order valence-corrected chi connectivity index (χ3v) is 8.00. The molecule has 1 aliphatic heterocycles. The largest absolute Gasteiger partial charge is 0.495 e. The summed E-state index contributed by atoms with van der Waals surface area (Å²) in [7, 11) is 1.54. The quantitative estimate of drug-likeness (QED) is 0.402. The Hall–Kier alpha value is -3.62. The van der Waals surface area contributed by atoms with Gasteiger partial charge in [0.25, 0.3) is 0 Å². The first-order chi connectivity index (χ1) is 20.9. The lowest BCUT2D eigenvalue weighted by molar-refractivity contribution is -0.165. The zero-order chi connectivity index (χ0) is 31.9. The number of esters is 1. The number of carbonyl (C=O) groups excluding carboxylic acids is 3. The van der Waals surface area contributed by atoms with Crippen molar-refractivity contribution in [3.05, 3.63) is 82.4 Å². The van der Waals surface area contributed by atoms with Gasteiger partial charge in [0.1, 0.15) is 17.9 Å². The maximum atomic E-state index is 13.6. The fourth-order valence-corrected chi connectivity index (χ4v) is 5.63. The van der Waals surface area contributed by atoms with Crippen LogP contribution in [-0.4, -0.2) is 56.3 Å². The minimum atomic E-state index is -0.872. The Bertz CT molecular complexity index is 1400. The highest BCUT2D eigenvalue weighted by Crippen LogP contribution is 2.34. The molecule has 1 heterocycles. The summed E-state index contributed by atoms with van der Waals surface area (Å²) in [4.78, 5) is 40.5. The van der Waals surface area contributed by atoms with Crippen molar-refractivity contribution in [2.45, 2.75) is 71.6 Å². The predicted molar refractivity (Wildman–Crippen MR) is 171 cm³/mol. The van der Waals surface area contributed by atoms with Gasteiger partial charge in [0.15, 0.2) is 6.10 Å². The lowest BCUT2D eigenvalue weighted by Gasteiger charge is -2.31. The molecule has 2 amide bonds. The van der Waals surface area contributed by atoms with Crippen molar-refractivity contribution in [1.29, 1.82) is 0 Å². The van der Waals surface area contributed by atoms with Crippen LogP contribution in [0.15, 0.2) is 66.3 Å². The highest BCUT2D eigenvalue weighted by atomic mass is 35.5. The van der Waals surface area contributed by atoms with E-state index >= 15 is 0 Å². The molecule has 0 unspecified atom stereocenters. The monoisotopic (exact) mass is 622 g/mol. The number of benzene rings is 2. The zero-order valence-electron chi connectivity index (χ0n) is 26.2. The molecule has 0 saturated carbocycles. The van der Waals surface area contributed by atoms with E-state index in [1.165, 1.54) is 13.2 Å². The number of hydrogen-bond donors (Lipinski definition) is 2. The summed E-state index contributed by atoms with van der Waals surface area (Å²) in [5.74, 6) is -0.419. The van der Waals surface area contributed by atoms with Crippen molar-refractivity contribution in [2.24, 2.45) is 11.3 Å². The molecule has 1 aliphatic carbocycles. The van der Waals surface area contributed by atoms with E-state index in [1.54, 1.807) is 12.1 Å². The lowest BCUT2D eigenvalue weighted by Crippen LogP contribution is -2.50. The molecule has 2 aromatic carbocycles. The molecule has 0 spiro atoms. The molecule has 0 aromatic heterocycles. The predicted octanol–water partition coefficient (Wildman–Crippen LogP) is 5.68. The summed E-state index contributed by atoms with van der Waals surface area (Å²) in [6.07, 6.45) is 3.93. The van der Waals surface area contributed by atoms with Crippen molar-refractivity contribution in [3.63, 3.8) is 0 Å². The van der Waals surface area contributed by atoms with E-state index in [1.807, 2.05) is 70.2 Å². The van der Waals surface area contributed by atoms with E-state index in [-0.39, 0.29) is 31.4 Å². The van der Waals surface area contributed by atoms with Gasteiger partial charge in [-0.15, -0.1) is 0 Å².